The lowest BCUT2D eigenvalue weighted by Crippen LogP contribution is -2.29. The quantitative estimate of drug-likeness (QED) is 0.785. The molecule has 2 aromatic rings. The van der Waals surface area contributed by atoms with Gasteiger partial charge in [0.05, 0.1) is 7.05 Å². The Balaban J connectivity index is 2.14. The van der Waals surface area contributed by atoms with Crippen LogP contribution in [-0.4, -0.2) is 4.57 Å². The first kappa shape index (κ1) is 13.3. The molecule has 0 aliphatic carbocycles. The van der Waals surface area contributed by atoms with E-state index >= 15 is 0 Å². The molecule has 0 fully saturated rings. The molecule has 0 spiro atoms. The number of benzene rings is 1. The highest BCUT2D eigenvalue weighted by Crippen LogP contribution is 2.40. The van der Waals surface area contributed by atoms with Gasteiger partial charge in [-0.25, -0.2) is 0 Å². The topological polar surface area (TPSA) is 30.5 Å². The largest absolute Gasteiger partial charge is 0.469 e. The van der Waals surface area contributed by atoms with Crippen LogP contribution in [0.15, 0.2) is 42.8 Å². The molecule has 1 aliphatic heterocycles. The summed E-state index contributed by atoms with van der Waals surface area (Å²) in [7, 11) is 1.91. The number of nitrogens with zero attached hydrogens (tertiary/aromatic N) is 2. The average molecular weight is 279 g/mol. The molecule has 0 bridgehead atoms. The highest BCUT2D eigenvalue weighted by atomic mass is 16.5. The zero-order valence-electron chi connectivity index (χ0n) is 12.4. The van der Waals surface area contributed by atoms with Crippen molar-refractivity contribution in [3.8, 4) is 11.3 Å². The first-order valence-electron chi connectivity index (χ1n) is 6.75. The van der Waals surface area contributed by atoms with E-state index in [-0.39, 0.29) is 0 Å². The molecule has 0 saturated carbocycles. The second-order valence-corrected chi connectivity index (χ2v) is 5.67. The summed E-state index contributed by atoms with van der Waals surface area (Å²) in [5.74, 6) is 1.19. The molecule has 1 aromatic heterocycles. The number of hydrogen-bond donors (Lipinski definition) is 1. The van der Waals surface area contributed by atoms with Crippen LogP contribution in [0.5, 0.6) is 0 Å². The number of aromatic nitrogens is 1. The van der Waals surface area contributed by atoms with Crippen molar-refractivity contribution in [1.29, 1.82) is 0 Å². The summed E-state index contributed by atoms with van der Waals surface area (Å²) in [6, 6.07) is 9.99. The normalized spacial score (nSPS) is 15.6. The highest BCUT2D eigenvalue weighted by Gasteiger charge is 2.31. The van der Waals surface area contributed by atoms with Crippen molar-refractivity contribution in [3.05, 3.63) is 59.8 Å². The van der Waals surface area contributed by atoms with E-state index in [1.54, 1.807) is 0 Å². The fraction of sp³-hybridized carbons (Fsp3) is 0.235. The smallest absolute Gasteiger partial charge is 0.230 e. The van der Waals surface area contributed by atoms with Gasteiger partial charge < -0.3 is 14.9 Å². The maximum atomic E-state index is 7.16. The minimum absolute atomic E-state index is 0.429. The monoisotopic (exact) mass is 279 g/mol. The van der Waals surface area contributed by atoms with E-state index in [0.717, 1.165) is 22.5 Å². The molecule has 0 unspecified atom stereocenters. The summed E-state index contributed by atoms with van der Waals surface area (Å²) < 4.78 is 7.69. The molecule has 0 atom stereocenters. The SMILES string of the molecule is [C-]#[N+]c1ccc(-c2ccc3c(c2)C(C)(C)OC(=C)N3)n1C. The summed E-state index contributed by atoms with van der Waals surface area (Å²) in [6.45, 7) is 15.1. The minimum atomic E-state index is -0.429. The molecule has 21 heavy (non-hydrogen) atoms. The van der Waals surface area contributed by atoms with Gasteiger partial charge in [-0.3, -0.25) is 4.57 Å². The van der Waals surface area contributed by atoms with Crippen LogP contribution in [0.4, 0.5) is 11.5 Å². The van der Waals surface area contributed by atoms with Crippen molar-refractivity contribution in [1.82, 2.24) is 4.57 Å². The molecule has 4 nitrogen and oxygen atoms in total. The maximum absolute atomic E-state index is 7.16. The third-order valence-corrected chi connectivity index (χ3v) is 3.83. The zero-order valence-corrected chi connectivity index (χ0v) is 12.4. The Bertz CT molecular complexity index is 778. The Morgan fingerprint density at radius 2 is 2.05 bits per heavy atom. The van der Waals surface area contributed by atoms with Gasteiger partial charge in [0.2, 0.25) is 5.82 Å². The number of nitrogens with one attached hydrogen (secondary N) is 1. The van der Waals surface area contributed by atoms with E-state index in [4.69, 9.17) is 11.3 Å². The predicted molar refractivity (Wildman–Crippen MR) is 84.0 cm³/mol. The third kappa shape index (κ3) is 2.07. The van der Waals surface area contributed by atoms with Gasteiger partial charge in [-0.05, 0) is 50.8 Å². The maximum Gasteiger partial charge on any atom is 0.230 e. The van der Waals surface area contributed by atoms with E-state index in [0.29, 0.717) is 11.7 Å². The molecule has 0 saturated heterocycles. The van der Waals surface area contributed by atoms with Crippen molar-refractivity contribution in [3.63, 3.8) is 0 Å². The lowest BCUT2D eigenvalue weighted by Gasteiger charge is -2.35. The van der Waals surface area contributed by atoms with Gasteiger partial charge in [0.15, 0.2) is 5.88 Å². The van der Waals surface area contributed by atoms with Crippen molar-refractivity contribution < 1.29 is 4.74 Å². The summed E-state index contributed by atoms with van der Waals surface area (Å²) in [5.41, 5.74) is 3.75. The molecule has 3 rings (SSSR count). The van der Waals surface area contributed by atoms with E-state index in [1.165, 1.54) is 0 Å². The van der Waals surface area contributed by atoms with Crippen LogP contribution in [0.2, 0.25) is 0 Å². The van der Waals surface area contributed by atoms with Gasteiger partial charge in [-0.2, -0.15) is 0 Å². The average Bonchev–Trinajstić information content (AvgIpc) is 2.78. The van der Waals surface area contributed by atoms with E-state index < -0.39 is 5.60 Å². The summed E-state index contributed by atoms with van der Waals surface area (Å²) >= 11 is 0. The Kier molecular flexibility index (Phi) is 2.80. The minimum Gasteiger partial charge on any atom is -0.469 e. The Morgan fingerprint density at radius 3 is 2.71 bits per heavy atom. The molecular formula is C17H17N3O. The zero-order chi connectivity index (χ0) is 15.2. The summed E-state index contributed by atoms with van der Waals surface area (Å²) in [6.07, 6.45) is 0. The fourth-order valence-electron chi connectivity index (χ4n) is 2.75. The molecule has 1 N–H and O–H groups in total. The van der Waals surface area contributed by atoms with E-state index in [9.17, 15) is 0 Å². The standard InChI is InChI=1S/C17H17N3O/c1-11-19-14-7-6-12(10-13(14)17(2,3)21-11)15-8-9-16(18-4)20(15)5/h6-10,19H,1H2,2-3,5H3. The molecule has 106 valence electrons. The van der Waals surface area contributed by atoms with Gasteiger partial charge >= 0.3 is 0 Å². The van der Waals surface area contributed by atoms with Crippen molar-refractivity contribution in [2.45, 2.75) is 19.4 Å². The first-order chi connectivity index (χ1) is 9.92. The number of hydrogen-bond acceptors (Lipinski definition) is 2. The van der Waals surface area contributed by atoms with Crippen LogP contribution in [0.25, 0.3) is 16.1 Å². The number of rotatable bonds is 1. The van der Waals surface area contributed by atoms with Crippen molar-refractivity contribution in [2.75, 3.05) is 5.32 Å². The number of ether oxygens (including phenoxy) is 1. The lowest BCUT2D eigenvalue weighted by atomic mass is 9.92. The van der Waals surface area contributed by atoms with Crippen LogP contribution in [0.1, 0.15) is 19.4 Å². The Hall–Kier alpha value is -2.67. The lowest BCUT2D eigenvalue weighted by molar-refractivity contribution is 0.0298. The van der Waals surface area contributed by atoms with Gasteiger partial charge in [0.1, 0.15) is 11.3 Å². The van der Waals surface area contributed by atoms with Crippen LogP contribution in [-0.2, 0) is 17.4 Å². The van der Waals surface area contributed by atoms with Crippen LogP contribution in [0.3, 0.4) is 0 Å². The molecular weight excluding hydrogens is 262 g/mol. The van der Waals surface area contributed by atoms with E-state index in [1.807, 2.05) is 49.7 Å². The van der Waals surface area contributed by atoms with Crippen LogP contribution >= 0.6 is 0 Å². The van der Waals surface area contributed by atoms with Gasteiger partial charge in [-0.15, -0.1) is 0 Å². The Morgan fingerprint density at radius 1 is 1.29 bits per heavy atom. The molecule has 0 radical (unpaired) electrons. The number of anilines is 1. The van der Waals surface area contributed by atoms with Crippen molar-refractivity contribution >= 4 is 11.5 Å². The second-order valence-electron chi connectivity index (χ2n) is 5.67. The second kappa shape index (κ2) is 4.42. The Labute approximate surface area is 124 Å². The molecule has 4 heteroatoms. The van der Waals surface area contributed by atoms with Crippen LogP contribution in [0, 0.1) is 6.57 Å². The molecule has 1 aromatic carbocycles. The summed E-state index contributed by atoms with van der Waals surface area (Å²) in [4.78, 5) is 3.51. The summed E-state index contributed by atoms with van der Waals surface area (Å²) in [5, 5.41) is 3.15. The molecule has 2 heterocycles. The van der Waals surface area contributed by atoms with E-state index in [2.05, 4.69) is 22.8 Å². The van der Waals surface area contributed by atoms with Crippen molar-refractivity contribution in [2.24, 2.45) is 7.05 Å². The van der Waals surface area contributed by atoms with Gasteiger partial charge in [0, 0.05) is 16.8 Å². The highest BCUT2D eigenvalue weighted by molar-refractivity contribution is 5.71. The predicted octanol–water partition coefficient (Wildman–Crippen LogP) is 4.39. The first-order valence-corrected chi connectivity index (χ1v) is 6.75. The van der Waals surface area contributed by atoms with Crippen LogP contribution < -0.4 is 5.32 Å². The molecule has 1 aliphatic rings. The molecule has 0 amide bonds. The number of fused-ring (bicyclic) bond motifs is 1. The fourth-order valence-corrected chi connectivity index (χ4v) is 2.75. The third-order valence-electron chi connectivity index (χ3n) is 3.83. The van der Waals surface area contributed by atoms with Gasteiger partial charge in [0.25, 0.3) is 0 Å². The van der Waals surface area contributed by atoms with Gasteiger partial charge in [-0.1, -0.05) is 6.57 Å².